The van der Waals surface area contributed by atoms with Gasteiger partial charge >= 0.3 is 6.09 Å². The molecule has 0 saturated heterocycles. The highest BCUT2D eigenvalue weighted by atomic mass is 16.6. The lowest BCUT2D eigenvalue weighted by molar-refractivity contribution is -0.113. The summed E-state index contributed by atoms with van der Waals surface area (Å²) >= 11 is 0. The van der Waals surface area contributed by atoms with Gasteiger partial charge in [-0.3, -0.25) is 4.90 Å². The van der Waals surface area contributed by atoms with E-state index in [9.17, 15) is 9.59 Å². The van der Waals surface area contributed by atoms with Gasteiger partial charge in [-0.2, -0.15) is 0 Å². The van der Waals surface area contributed by atoms with E-state index in [1.807, 2.05) is 41.5 Å². The number of nitrogens with zero attached hydrogens (tertiary/aromatic N) is 1. The molecular weight excluding hydrogens is 282 g/mol. The van der Waals surface area contributed by atoms with E-state index in [1.54, 1.807) is 24.0 Å². The number of amides is 1. The largest absolute Gasteiger partial charge is 0.467 e. The van der Waals surface area contributed by atoms with Crippen LogP contribution >= 0.6 is 0 Å². The number of hydrogen-bond acceptors (Lipinski definition) is 4. The Morgan fingerprint density at radius 3 is 2.23 bits per heavy atom. The Bertz CT molecular complexity index is 494. The minimum absolute atomic E-state index is 0.419. The van der Waals surface area contributed by atoms with Crippen molar-refractivity contribution in [2.24, 2.45) is 5.92 Å². The Balaban J connectivity index is 3.28. The highest BCUT2D eigenvalue weighted by Gasteiger charge is 2.40. The van der Waals surface area contributed by atoms with Crippen LogP contribution in [0.15, 0.2) is 22.8 Å². The fourth-order valence-electron chi connectivity index (χ4n) is 2.27. The molecule has 124 valence electrons. The number of carbonyl (C=O) groups excluding carboxylic acids is 2. The van der Waals surface area contributed by atoms with Gasteiger partial charge < -0.3 is 13.9 Å². The standard InChI is InChI=1S/C17H27NO4/c1-12(11-19)14(13-9-8-10-21-13)18(16(2,3)4)15(20)22-17(5,6)7/h8-12,14H,1-7H3/t12-,14+/m1/s1. The predicted octanol–water partition coefficient (Wildman–Crippen LogP) is 4.19. The molecule has 1 aromatic heterocycles. The molecule has 0 aliphatic carbocycles. The van der Waals surface area contributed by atoms with Crippen LogP contribution in [0.5, 0.6) is 0 Å². The second-order valence-electron chi connectivity index (χ2n) is 7.48. The maximum Gasteiger partial charge on any atom is 0.411 e. The number of aldehydes is 1. The quantitative estimate of drug-likeness (QED) is 0.782. The van der Waals surface area contributed by atoms with E-state index in [1.165, 1.54) is 6.26 Å². The zero-order valence-corrected chi connectivity index (χ0v) is 14.5. The molecule has 22 heavy (non-hydrogen) atoms. The van der Waals surface area contributed by atoms with Crippen molar-refractivity contribution in [1.29, 1.82) is 0 Å². The van der Waals surface area contributed by atoms with Gasteiger partial charge in [-0.15, -0.1) is 0 Å². The van der Waals surface area contributed by atoms with Crippen molar-refractivity contribution in [2.75, 3.05) is 0 Å². The van der Waals surface area contributed by atoms with E-state index >= 15 is 0 Å². The smallest absolute Gasteiger partial charge is 0.411 e. The molecule has 1 heterocycles. The average Bonchev–Trinajstić information content (AvgIpc) is 2.84. The maximum atomic E-state index is 12.7. The molecule has 1 aromatic rings. The van der Waals surface area contributed by atoms with Gasteiger partial charge in [0.05, 0.1) is 6.26 Å². The second-order valence-corrected chi connectivity index (χ2v) is 7.48. The molecule has 0 N–H and O–H groups in total. The van der Waals surface area contributed by atoms with Gasteiger partial charge in [0.15, 0.2) is 0 Å². The van der Waals surface area contributed by atoms with E-state index in [0.29, 0.717) is 5.76 Å². The van der Waals surface area contributed by atoms with Crippen LogP contribution in [-0.4, -0.2) is 28.4 Å². The van der Waals surface area contributed by atoms with Crippen molar-refractivity contribution < 1.29 is 18.7 Å². The van der Waals surface area contributed by atoms with Crippen molar-refractivity contribution in [3.05, 3.63) is 24.2 Å². The Morgan fingerprint density at radius 2 is 1.86 bits per heavy atom. The molecule has 0 radical (unpaired) electrons. The summed E-state index contributed by atoms with van der Waals surface area (Å²) in [4.78, 5) is 25.6. The van der Waals surface area contributed by atoms with Crippen LogP contribution in [0.4, 0.5) is 4.79 Å². The first-order chi connectivity index (χ1) is 9.97. The minimum Gasteiger partial charge on any atom is -0.467 e. The van der Waals surface area contributed by atoms with Gasteiger partial charge in [-0.25, -0.2) is 4.79 Å². The Kier molecular flexibility index (Phi) is 5.44. The van der Waals surface area contributed by atoms with Crippen LogP contribution < -0.4 is 0 Å². The molecule has 1 amide bonds. The van der Waals surface area contributed by atoms with E-state index in [0.717, 1.165) is 6.29 Å². The van der Waals surface area contributed by atoms with Crippen LogP contribution in [0.1, 0.15) is 60.3 Å². The SMILES string of the molecule is C[C@H](C=O)[C@@H](c1ccco1)N(C(=O)OC(C)(C)C)C(C)(C)C. The first-order valence-electron chi connectivity index (χ1n) is 7.48. The first kappa shape index (κ1) is 18.3. The summed E-state index contributed by atoms with van der Waals surface area (Å²) in [6.07, 6.45) is 1.90. The number of furan rings is 1. The van der Waals surface area contributed by atoms with Gasteiger partial charge in [-0.1, -0.05) is 6.92 Å². The molecule has 5 nitrogen and oxygen atoms in total. The highest BCUT2D eigenvalue weighted by Crippen LogP contribution is 2.35. The molecule has 0 bridgehead atoms. The first-order valence-corrected chi connectivity index (χ1v) is 7.48. The summed E-state index contributed by atoms with van der Waals surface area (Å²) in [7, 11) is 0. The number of ether oxygens (including phenoxy) is 1. The van der Waals surface area contributed by atoms with Crippen molar-refractivity contribution >= 4 is 12.4 Å². The second kappa shape index (κ2) is 6.55. The predicted molar refractivity (Wildman–Crippen MR) is 84.5 cm³/mol. The zero-order valence-electron chi connectivity index (χ0n) is 14.5. The third kappa shape index (κ3) is 4.61. The Hall–Kier alpha value is -1.78. The van der Waals surface area contributed by atoms with Crippen molar-refractivity contribution in [1.82, 2.24) is 4.90 Å². The monoisotopic (exact) mass is 309 g/mol. The zero-order chi connectivity index (χ0) is 17.1. The van der Waals surface area contributed by atoms with E-state index < -0.39 is 29.2 Å². The Morgan fingerprint density at radius 1 is 1.27 bits per heavy atom. The number of hydrogen-bond donors (Lipinski definition) is 0. The lowest BCUT2D eigenvalue weighted by Crippen LogP contribution is -2.51. The minimum atomic E-state index is -0.612. The fraction of sp³-hybridized carbons (Fsp3) is 0.647. The summed E-state index contributed by atoms with van der Waals surface area (Å²) in [5.41, 5.74) is -1.14. The van der Waals surface area contributed by atoms with E-state index in [-0.39, 0.29) is 0 Å². The molecule has 5 heteroatoms. The van der Waals surface area contributed by atoms with Crippen molar-refractivity contribution in [2.45, 2.75) is 65.6 Å². The van der Waals surface area contributed by atoms with Crippen LogP contribution in [0.3, 0.4) is 0 Å². The summed E-state index contributed by atoms with van der Waals surface area (Å²) in [6.45, 7) is 12.9. The van der Waals surface area contributed by atoms with Gasteiger partial charge in [0.25, 0.3) is 0 Å². The van der Waals surface area contributed by atoms with Gasteiger partial charge in [-0.05, 0) is 53.7 Å². The topological polar surface area (TPSA) is 59.8 Å². The van der Waals surface area contributed by atoms with E-state index in [4.69, 9.17) is 9.15 Å². The maximum absolute atomic E-state index is 12.7. The van der Waals surface area contributed by atoms with Crippen LogP contribution in [0.2, 0.25) is 0 Å². The fourth-order valence-corrected chi connectivity index (χ4v) is 2.27. The normalized spacial score (nSPS) is 15.0. The highest BCUT2D eigenvalue weighted by molar-refractivity contribution is 5.71. The van der Waals surface area contributed by atoms with E-state index in [2.05, 4.69) is 0 Å². The number of carbonyl (C=O) groups is 2. The summed E-state index contributed by atoms with van der Waals surface area (Å²) in [6, 6.07) is 3.01. The third-order valence-electron chi connectivity index (χ3n) is 3.14. The molecule has 0 aliphatic heterocycles. The van der Waals surface area contributed by atoms with Crippen molar-refractivity contribution in [3.63, 3.8) is 0 Å². The molecule has 0 fully saturated rings. The molecule has 0 saturated carbocycles. The molecule has 0 aromatic carbocycles. The van der Waals surface area contributed by atoms with Crippen LogP contribution in [0, 0.1) is 5.92 Å². The molecule has 0 unspecified atom stereocenters. The summed E-state index contributed by atoms with van der Waals surface area (Å²) in [5.74, 6) is 0.151. The summed E-state index contributed by atoms with van der Waals surface area (Å²) in [5, 5.41) is 0. The van der Waals surface area contributed by atoms with Crippen LogP contribution in [-0.2, 0) is 9.53 Å². The van der Waals surface area contributed by atoms with Gasteiger partial charge in [0, 0.05) is 11.5 Å². The average molecular weight is 309 g/mol. The summed E-state index contributed by atoms with van der Waals surface area (Å²) < 4.78 is 11.0. The lowest BCUT2D eigenvalue weighted by Gasteiger charge is -2.42. The number of rotatable bonds is 4. The Labute approximate surface area is 132 Å². The van der Waals surface area contributed by atoms with Gasteiger partial charge in [0.2, 0.25) is 0 Å². The molecule has 0 aliphatic rings. The molecule has 0 spiro atoms. The molecule has 1 rings (SSSR count). The van der Waals surface area contributed by atoms with Gasteiger partial charge in [0.1, 0.15) is 23.7 Å². The van der Waals surface area contributed by atoms with Crippen LogP contribution in [0.25, 0.3) is 0 Å². The lowest BCUT2D eigenvalue weighted by atomic mass is 9.94. The third-order valence-corrected chi connectivity index (χ3v) is 3.14. The molecule has 2 atom stereocenters. The molecular formula is C17H27NO4. The van der Waals surface area contributed by atoms with Crippen molar-refractivity contribution in [3.8, 4) is 0 Å².